The van der Waals surface area contributed by atoms with Crippen molar-refractivity contribution in [3.8, 4) is 0 Å². The number of hydrogen-bond donors (Lipinski definition) is 1. The maximum atomic E-state index is 6.56. The van der Waals surface area contributed by atoms with E-state index >= 15 is 0 Å². The zero-order valence-corrected chi connectivity index (χ0v) is 11.2. The smallest absolute Gasteiger partial charge is 0.0929 e. The van der Waals surface area contributed by atoms with Gasteiger partial charge in [0.2, 0.25) is 0 Å². The van der Waals surface area contributed by atoms with E-state index < -0.39 is 0 Å². The van der Waals surface area contributed by atoms with E-state index in [1.807, 2.05) is 7.11 Å². The van der Waals surface area contributed by atoms with Crippen LogP contribution in [0.3, 0.4) is 0 Å². The van der Waals surface area contributed by atoms with Crippen molar-refractivity contribution in [2.24, 2.45) is 5.73 Å². The summed E-state index contributed by atoms with van der Waals surface area (Å²) < 4.78 is 5.61. The first-order valence-corrected chi connectivity index (χ1v) is 7.14. The second-order valence-electron chi connectivity index (χ2n) is 5.99. The fourth-order valence-corrected chi connectivity index (χ4v) is 3.30. The highest BCUT2D eigenvalue weighted by Gasteiger charge is 2.44. The minimum absolute atomic E-state index is 0.0207. The lowest BCUT2D eigenvalue weighted by Crippen LogP contribution is -2.38. The molecule has 0 saturated heterocycles. The topological polar surface area (TPSA) is 35.2 Å². The Kier molecular flexibility index (Phi) is 2.95. The van der Waals surface area contributed by atoms with Crippen LogP contribution < -0.4 is 5.73 Å². The molecule has 3 rings (SSSR count). The Labute approximate surface area is 110 Å². The highest BCUT2D eigenvalue weighted by Crippen LogP contribution is 2.49. The molecule has 0 heterocycles. The molecule has 18 heavy (non-hydrogen) atoms. The molecule has 1 aromatic rings. The molecule has 98 valence electrons. The summed E-state index contributed by atoms with van der Waals surface area (Å²) in [7, 11) is 1.81. The van der Waals surface area contributed by atoms with Crippen molar-refractivity contribution >= 4 is 0 Å². The lowest BCUT2D eigenvalue weighted by molar-refractivity contribution is 0.0789. The van der Waals surface area contributed by atoms with Crippen LogP contribution in [-0.2, 0) is 15.9 Å². The number of methoxy groups -OCH3 is 1. The third kappa shape index (κ3) is 1.98. The first-order valence-electron chi connectivity index (χ1n) is 7.14. The zero-order chi connectivity index (χ0) is 12.6. The predicted octanol–water partition coefficient (Wildman–Crippen LogP) is 3.44. The van der Waals surface area contributed by atoms with Crippen molar-refractivity contribution in [3.05, 3.63) is 35.4 Å². The van der Waals surface area contributed by atoms with Gasteiger partial charge in [-0.05, 0) is 36.8 Å². The van der Waals surface area contributed by atoms with Gasteiger partial charge < -0.3 is 10.5 Å². The van der Waals surface area contributed by atoms with Crippen LogP contribution in [0.1, 0.15) is 56.1 Å². The van der Waals surface area contributed by atoms with Gasteiger partial charge in [-0.3, -0.25) is 0 Å². The molecule has 0 spiro atoms. The second-order valence-corrected chi connectivity index (χ2v) is 5.99. The Hall–Kier alpha value is -0.860. The Morgan fingerprint density at radius 2 is 1.44 bits per heavy atom. The van der Waals surface area contributed by atoms with Crippen molar-refractivity contribution in [1.29, 1.82) is 0 Å². The van der Waals surface area contributed by atoms with Crippen LogP contribution in [0.15, 0.2) is 24.3 Å². The molecule has 2 aliphatic rings. The third-order valence-electron chi connectivity index (χ3n) is 4.83. The van der Waals surface area contributed by atoms with Gasteiger partial charge in [-0.25, -0.2) is 0 Å². The molecule has 0 amide bonds. The van der Waals surface area contributed by atoms with E-state index in [1.165, 1.54) is 30.4 Å². The molecule has 2 fully saturated rings. The Morgan fingerprint density at radius 3 is 1.94 bits per heavy atom. The standard InChI is InChI=1S/C16H23NO/c1-18-16(11-12-16)14-7-5-13(6-8-14)15(17)9-3-2-4-10-15/h5-8H,2-4,9-12,17H2,1H3. The fraction of sp³-hybridized carbons (Fsp3) is 0.625. The first-order chi connectivity index (χ1) is 8.69. The van der Waals surface area contributed by atoms with E-state index in [9.17, 15) is 0 Å². The van der Waals surface area contributed by atoms with Gasteiger partial charge in [0.05, 0.1) is 5.60 Å². The molecule has 1 aromatic carbocycles. The maximum absolute atomic E-state index is 6.56. The third-order valence-corrected chi connectivity index (χ3v) is 4.83. The molecule has 0 radical (unpaired) electrons. The normalized spacial score (nSPS) is 24.8. The lowest BCUT2D eigenvalue weighted by Gasteiger charge is -2.34. The van der Waals surface area contributed by atoms with E-state index in [0.717, 1.165) is 25.7 Å². The van der Waals surface area contributed by atoms with Gasteiger partial charge in [0.25, 0.3) is 0 Å². The summed E-state index contributed by atoms with van der Waals surface area (Å²) in [5, 5.41) is 0. The van der Waals surface area contributed by atoms with Gasteiger partial charge in [0.15, 0.2) is 0 Å². The van der Waals surface area contributed by atoms with Crippen LogP contribution in [0.25, 0.3) is 0 Å². The van der Waals surface area contributed by atoms with E-state index in [2.05, 4.69) is 24.3 Å². The molecule has 0 bridgehead atoms. The van der Waals surface area contributed by atoms with Crippen molar-refractivity contribution in [1.82, 2.24) is 0 Å². The molecular formula is C16H23NO. The quantitative estimate of drug-likeness (QED) is 0.885. The minimum atomic E-state index is -0.0828. The van der Waals surface area contributed by atoms with E-state index in [-0.39, 0.29) is 11.1 Å². The predicted molar refractivity (Wildman–Crippen MR) is 73.3 cm³/mol. The lowest BCUT2D eigenvalue weighted by atomic mass is 9.77. The zero-order valence-electron chi connectivity index (χ0n) is 11.2. The Bertz CT molecular complexity index is 413. The molecule has 2 nitrogen and oxygen atoms in total. The molecule has 0 aromatic heterocycles. The van der Waals surface area contributed by atoms with Gasteiger partial charge in [0.1, 0.15) is 0 Å². The van der Waals surface area contributed by atoms with E-state index in [4.69, 9.17) is 10.5 Å². The molecule has 2 N–H and O–H groups in total. The summed E-state index contributed by atoms with van der Waals surface area (Å²) in [4.78, 5) is 0. The Morgan fingerprint density at radius 1 is 0.889 bits per heavy atom. The molecule has 2 heteroatoms. The highest BCUT2D eigenvalue weighted by atomic mass is 16.5. The first kappa shape index (κ1) is 12.2. The molecule has 2 aliphatic carbocycles. The summed E-state index contributed by atoms with van der Waals surface area (Å²) in [6, 6.07) is 8.88. The van der Waals surface area contributed by atoms with Gasteiger partial charge in [-0.2, -0.15) is 0 Å². The van der Waals surface area contributed by atoms with Crippen molar-refractivity contribution in [3.63, 3.8) is 0 Å². The monoisotopic (exact) mass is 245 g/mol. The molecule has 0 unspecified atom stereocenters. The summed E-state index contributed by atoms with van der Waals surface area (Å²) in [5.41, 5.74) is 9.11. The van der Waals surface area contributed by atoms with Gasteiger partial charge in [-0.15, -0.1) is 0 Å². The van der Waals surface area contributed by atoms with Crippen LogP contribution in [0.4, 0.5) is 0 Å². The number of hydrogen-bond acceptors (Lipinski definition) is 2. The van der Waals surface area contributed by atoms with Crippen molar-refractivity contribution in [2.45, 2.75) is 56.1 Å². The highest BCUT2D eigenvalue weighted by molar-refractivity contribution is 5.34. The van der Waals surface area contributed by atoms with Crippen molar-refractivity contribution in [2.75, 3.05) is 7.11 Å². The Balaban J connectivity index is 1.82. The minimum Gasteiger partial charge on any atom is -0.374 e. The molecule has 2 saturated carbocycles. The second kappa shape index (κ2) is 4.36. The molecular weight excluding hydrogens is 222 g/mol. The number of nitrogens with two attached hydrogens (primary N) is 1. The SMILES string of the molecule is COC1(c2ccc(C3(N)CCCCC3)cc2)CC1. The summed E-state index contributed by atoms with van der Waals surface area (Å²) in [5.74, 6) is 0. The van der Waals surface area contributed by atoms with Crippen LogP contribution >= 0.6 is 0 Å². The average molecular weight is 245 g/mol. The molecule has 0 atom stereocenters. The van der Waals surface area contributed by atoms with Gasteiger partial charge in [0, 0.05) is 12.6 Å². The summed E-state index contributed by atoms with van der Waals surface area (Å²) in [6.45, 7) is 0. The number of ether oxygens (including phenoxy) is 1. The number of rotatable bonds is 3. The van der Waals surface area contributed by atoms with Crippen LogP contribution in [-0.4, -0.2) is 7.11 Å². The van der Waals surface area contributed by atoms with Crippen molar-refractivity contribution < 1.29 is 4.74 Å². The maximum Gasteiger partial charge on any atom is 0.0929 e. The van der Waals surface area contributed by atoms with E-state index in [0.29, 0.717) is 0 Å². The van der Waals surface area contributed by atoms with E-state index in [1.54, 1.807) is 0 Å². The summed E-state index contributed by atoms with van der Waals surface area (Å²) in [6.07, 6.45) is 8.42. The fourth-order valence-electron chi connectivity index (χ4n) is 3.30. The van der Waals surface area contributed by atoms with Crippen LogP contribution in [0, 0.1) is 0 Å². The molecule has 0 aliphatic heterocycles. The van der Waals surface area contributed by atoms with Crippen LogP contribution in [0.2, 0.25) is 0 Å². The van der Waals surface area contributed by atoms with Crippen LogP contribution in [0.5, 0.6) is 0 Å². The van der Waals surface area contributed by atoms with Gasteiger partial charge >= 0.3 is 0 Å². The van der Waals surface area contributed by atoms with Gasteiger partial charge in [-0.1, -0.05) is 43.5 Å². The summed E-state index contributed by atoms with van der Waals surface area (Å²) >= 11 is 0. The number of benzene rings is 1. The average Bonchev–Trinajstić information content (AvgIpc) is 3.21. The largest absolute Gasteiger partial charge is 0.374 e.